The largest absolute Gasteiger partial charge is 0.468 e. The fraction of sp³-hybridized carbons (Fsp3) is 0.667. The van der Waals surface area contributed by atoms with E-state index < -0.39 is 30.2 Å². The van der Waals surface area contributed by atoms with E-state index in [0.29, 0.717) is 31.6 Å². The first kappa shape index (κ1) is 43.6. The third-order valence-corrected chi connectivity index (χ3v) is 11.6. The van der Waals surface area contributed by atoms with Gasteiger partial charge in [-0.2, -0.15) is 0 Å². The molecule has 304 valence electrons. The summed E-state index contributed by atoms with van der Waals surface area (Å²) in [7, 11) is 7.12. The van der Waals surface area contributed by atoms with Crippen LogP contribution < -0.4 is 10.6 Å². The summed E-state index contributed by atoms with van der Waals surface area (Å²) < 4.78 is 12.4. The Bertz CT molecular complexity index is 1660. The normalized spacial score (nSPS) is 20.7. The molecule has 0 bridgehead atoms. The Hall–Kier alpha value is -4.10. The monoisotopic (exact) mass is 763 g/mol. The van der Waals surface area contributed by atoms with Crippen LogP contribution in [0.1, 0.15) is 79.7 Å². The second kappa shape index (κ2) is 19.7. The van der Waals surface area contributed by atoms with E-state index in [1.54, 1.807) is 19.1 Å². The minimum Gasteiger partial charge on any atom is -0.468 e. The van der Waals surface area contributed by atoms with Crippen LogP contribution >= 0.6 is 0 Å². The summed E-state index contributed by atoms with van der Waals surface area (Å²) in [6.45, 7) is 15.0. The molecule has 2 N–H and O–H groups in total. The van der Waals surface area contributed by atoms with E-state index in [1.807, 2.05) is 84.1 Å². The molecular weight excluding hydrogens is 699 g/mol. The lowest BCUT2D eigenvalue weighted by Crippen LogP contribution is -2.59. The van der Waals surface area contributed by atoms with Gasteiger partial charge in [-0.1, -0.05) is 73.1 Å². The average molecular weight is 764 g/mol. The maximum Gasteiger partial charge on any atom is 0.275 e. The molecule has 1 aromatic heterocycles. The number of pyridine rings is 1. The van der Waals surface area contributed by atoms with Crippen LogP contribution in [0.25, 0.3) is 10.9 Å². The number of rotatable bonds is 19. The van der Waals surface area contributed by atoms with E-state index in [0.717, 1.165) is 35.7 Å². The zero-order chi connectivity index (χ0) is 40.6. The molecule has 8 atom stereocenters. The van der Waals surface area contributed by atoms with E-state index in [4.69, 9.17) is 9.47 Å². The minimum atomic E-state index is -0.745. The molecule has 3 heterocycles. The minimum absolute atomic E-state index is 0.00936. The summed E-state index contributed by atoms with van der Waals surface area (Å²) in [6, 6.07) is 8.34. The third-order valence-electron chi connectivity index (χ3n) is 11.6. The van der Waals surface area contributed by atoms with Gasteiger partial charge >= 0.3 is 0 Å². The van der Waals surface area contributed by atoms with Crippen molar-refractivity contribution in [2.75, 3.05) is 41.3 Å². The molecule has 0 aliphatic carbocycles. The first-order valence-corrected chi connectivity index (χ1v) is 20.0. The van der Waals surface area contributed by atoms with Gasteiger partial charge in [0.1, 0.15) is 12.1 Å². The van der Waals surface area contributed by atoms with Crippen molar-refractivity contribution < 1.29 is 23.9 Å². The molecule has 0 radical (unpaired) electrons. The Balaban J connectivity index is 1.47. The number of likely N-dealkylation sites (tertiary alicyclic amines) is 1. The second-order valence-electron chi connectivity index (χ2n) is 16.4. The number of methoxy groups -OCH3 is 1. The number of nitrogens with one attached hydrogen (secondary N) is 2. The lowest BCUT2D eigenvalue weighted by atomic mass is 9.89. The van der Waals surface area contributed by atoms with Crippen molar-refractivity contribution in [2.24, 2.45) is 28.8 Å². The molecule has 0 saturated carbocycles. The highest BCUT2D eigenvalue weighted by Gasteiger charge is 2.46. The molecule has 2 aliphatic rings. The van der Waals surface area contributed by atoms with Gasteiger partial charge in [-0.3, -0.25) is 24.3 Å². The lowest BCUT2D eigenvalue weighted by molar-refractivity contribution is -0.143. The Morgan fingerprint density at radius 3 is 2.38 bits per heavy atom. The third kappa shape index (κ3) is 10.2. The summed E-state index contributed by atoms with van der Waals surface area (Å²) in [6.07, 6.45) is 4.27. The Kier molecular flexibility index (Phi) is 15.6. The zero-order valence-corrected chi connectivity index (χ0v) is 34.9. The van der Waals surface area contributed by atoms with Gasteiger partial charge in [-0.15, -0.1) is 4.91 Å². The number of likely N-dealkylation sites (N-methyl/N-ethyl adjacent to an activating group) is 2. The molecule has 13 nitrogen and oxygen atoms in total. The van der Waals surface area contributed by atoms with Gasteiger partial charge in [0.15, 0.2) is 0 Å². The van der Waals surface area contributed by atoms with Crippen molar-refractivity contribution in [3.8, 4) is 0 Å². The first-order chi connectivity index (χ1) is 26.1. The number of fused-ring (bicyclic) bond motifs is 1. The number of amides is 3. The van der Waals surface area contributed by atoms with Crippen molar-refractivity contribution in [2.45, 2.75) is 117 Å². The van der Waals surface area contributed by atoms with Crippen LogP contribution in [0.15, 0.2) is 53.3 Å². The number of aromatic nitrogens is 1. The maximum absolute atomic E-state index is 14.3. The molecule has 2 aromatic rings. The van der Waals surface area contributed by atoms with Crippen LogP contribution in [-0.2, 0) is 30.3 Å². The van der Waals surface area contributed by atoms with Crippen LogP contribution in [0.3, 0.4) is 0 Å². The topological polar surface area (TPSA) is 146 Å². The quantitative estimate of drug-likeness (QED) is 0.181. The van der Waals surface area contributed by atoms with Gasteiger partial charge in [0.2, 0.25) is 17.7 Å². The number of ether oxygens (including phenoxy) is 2. The number of hydrogen-bond acceptors (Lipinski definition) is 10. The van der Waals surface area contributed by atoms with E-state index in [2.05, 4.69) is 45.6 Å². The number of hydrogen-bond donors (Lipinski definition) is 2. The van der Waals surface area contributed by atoms with Crippen LogP contribution in [-0.4, -0.2) is 115 Å². The molecule has 4 rings (SSSR count). The predicted molar refractivity (Wildman–Crippen MR) is 216 cm³/mol. The molecular formula is C42H65N7O6. The first-order valence-electron chi connectivity index (χ1n) is 20.0. The van der Waals surface area contributed by atoms with Crippen LogP contribution in [0.5, 0.6) is 0 Å². The molecule has 2 aliphatic heterocycles. The van der Waals surface area contributed by atoms with Gasteiger partial charge < -0.3 is 29.9 Å². The summed E-state index contributed by atoms with van der Waals surface area (Å²) in [5.74, 6) is -1.06. The Morgan fingerprint density at radius 2 is 1.76 bits per heavy atom. The van der Waals surface area contributed by atoms with Gasteiger partial charge in [0.05, 0.1) is 41.4 Å². The van der Waals surface area contributed by atoms with Gasteiger partial charge in [0, 0.05) is 50.4 Å². The van der Waals surface area contributed by atoms with Crippen molar-refractivity contribution in [3.05, 3.63) is 58.6 Å². The lowest BCUT2D eigenvalue weighted by Gasteiger charge is -2.39. The zero-order valence-electron chi connectivity index (χ0n) is 34.9. The standard InChI is InChI=1S/C42H65N7O6/c1-12-27(6)37(48(10)42(52)35(25(2)3)45-40(51)36(26(4)5)47(8)9)34-23-33(41(46-53)55-34)49-21-15-18-32(49)38(54-11)28(7)39(50)43-20-19-29-22-30-16-13-14-17-31(30)44-24-29/h13-14,16-17,22,24-28,32,34-38H,12,15,18-21,23H2,1-11H3,(H,43,50)(H,45,51)/t27-,28+,32-,34+,35-,36-,37?,38+/m0/s1. The molecule has 13 heteroatoms. The fourth-order valence-electron chi connectivity index (χ4n) is 8.58. The van der Waals surface area contributed by atoms with Gasteiger partial charge in [0.25, 0.3) is 5.88 Å². The molecule has 1 unspecified atom stereocenters. The van der Waals surface area contributed by atoms with E-state index in [1.165, 1.54) is 0 Å². The van der Waals surface area contributed by atoms with Crippen molar-refractivity contribution in [1.29, 1.82) is 0 Å². The molecule has 1 fully saturated rings. The molecule has 1 saturated heterocycles. The van der Waals surface area contributed by atoms with E-state index in [9.17, 15) is 19.3 Å². The molecule has 1 aromatic carbocycles. The highest BCUT2D eigenvalue weighted by molar-refractivity contribution is 5.90. The van der Waals surface area contributed by atoms with Crippen molar-refractivity contribution in [1.82, 2.24) is 30.3 Å². The van der Waals surface area contributed by atoms with Crippen LogP contribution in [0.2, 0.25) is 0 Å². The Morgan fingerprint density at radius 1 is 1.05 bits per heavy atom. The van der Waals surface area contributed by atoms with E-state index in [-0.39, 0.29) is 53.4 Å². The number of para-hydroxylation sites is 1. The highest BCUT2D eigenvalue weighted by atomic mass is 16.5. The number of benzene rings is 1. The van der Waals surface area contributed by atoms with Gasteiger partial charge in [-0.05, 0) is 68.8 Å². The molecule has 55 heavy (non-hydrogen) atoms. The number of carbonyl (C=O) groups is 3. The summed E-state index contributed by atoms with van der Waals surface area (Å²) in [4.78, 5) is 63.9. The second-order valence-corrected chi connectivity index (χ2v) is 16.4. The average Bonchev–Trinajstić information content (AvgIpc) is 3.80. The predicted octanol–water partition coefficient (Wildman–Crippen LogP) is 5.33. The summed E-state index contributed by atoms with van der Waals surface area (Å²) >= 11 is 0. The SMILES string of the molecule is CC[C@H](C)C([C@H]1CC(N2CCC[C@H]2[C@H](OC)[C@@H](C)C(=O)NCCc2cnc3ccccc3c2)=C(N=O)O1)N(C)C(=O)[C@@H](NC(=O)[C@H](C(C)C)N(C)C)C(C)C. The number of nitrogens with zero attached hydrogens (tertiary/aromatic N) is 5. The maximum atomic E-state index is 14.3. The summed E-state index contributed by atoms with van der Waals surface area (Å²) in [5, 5.41) is 10.6. The van der Waals surface area contributed by atoms with Crippen molar-refractivity contribution in [3.63, 3.8) is 0 Å². The number of carbonyl (C=O) groups excluding carboxylic acids is 3. The van der Waals surface area contributed by atoms with Crippen LogP contribution in [0, 0.1) is 28.6 Å². The summed E-state index contributed by atoms with van der Waals surface area (Å²) in [5.41, 5.74) is 2.66. The van der Waals surface area contributed by atoms with Crippen molar-refractivity contribution >= 4 is 28.6 Å². The van der Waals surface area contributed by atoms with Crippen LogP contribution in [0.4, 0.5) is 0 Å². The molecule has 0 spiro atoms. The fourth-order valence-corrected chi connectivity index (χ4v) is 8.58. The van der Waals surface area contributed by atoms with Gasteiger partial charge in [-0.25, -0.2) is 0 Å². The molecule has 3 amide bonds. The number of nitroso groups, excluding NO2 is 1. The van der Waals surface area contributed by atoms with E-state index >= 15 is 0 Å². The highest BCUT2D eigenvalue weighted by Crippen LogP contribution is 2.39. The Labute approximate surface area is 327 Å². The smallest absolute Gasteiger partial charge is 0.275 e.